The number of hydrogen-bond donors (Lipinski definition) is 1. The first-order valence-electron chi connectivity index (χ1n) is 5.82. The monoisotopic (exact) mass is 338 g/mol. The summed E-state index contributed by atoms with van der Waals surface area (Å²) in [6.07, 6.45) is 0. The molecule has 0 saturated heterocycles. The summed E-state index contributed by atoms with van der Waals surface area (Å²) in [6.45, 7) is 2.68. The van der Waals surface area contributed by atoms with Crippen molar-refractivity contribution >= 4 is 38.9 Å². The Morgan fingerprint density at radius 3 is 2.74 bits per heavy atom. The average Bonchev–Trinajstić information content (AvgIpc) is 2.72. The SMILES string of the molecule is Cc1ccsc1CN(C)C(=O)c1cc(N)cc(Br)c1. The zero-order valence-electron chi connectivity index (χ0n) is 10.8. The zero-order valence-corrected chi connectivity index (χ0v) is 13.2. The van der Waals surface area contributed by atoms with Gasteiger partial charge in [-0.1, -0.05) is 15.9 Å². The zero-order chi connectivity index (χ0) is 14.0. The number of amides is 1. The second-order valence-corrected chi connectivity index (χ2v) is 6.38. The van der Waals surface area contributed by atoms with Gasteiger partial charge in [0.2, 0.25) is 0 Å². The van der Waals surface area contributed by atoms with Crippen LogP contribution in [0.4, 0.5) is 5.69 Å². The van der Waals surface area contributed by atoms with Crippen LogP contribution in [0, 0.1) is 6.92 Å². The standard InChI is InChI=1S/C14H15BrN2OS/c1-9-3-4-19-13(9)8-17(2)14(18)10-5-11(15)7-12(16)6-10/h3-7H,8,16H2,1-2H3. The molecule has 0 saturated carbocycles. The summed E-state index contributed by atoms with van der Waals surface area (Å²) in [5, 5.41) is 2.04. The maximum atomic E-state index is 12.3. The van der Waals surface area contributed by atoms with Gasteiger partial charge < -0.3 is 10.6 Å². The maximum Gasteiger partial charge on any atom is 0.254 e. The Morgan fingerprint density at radius 1 is 1.42 bits per heavy atom. The lowest BCUT2D eigenvalue weighted by atomic mass is 10.1. The molecule has 3 nitrogen and oxygen atoms in total. The molecule has 100 valence electrons. The highest BCUT2D eigenvalue weighted by Crippen LogP contribution is 2.21. The molecule has 2 aromatic rings. The van der Waals surface area contributed by atoms with E-state index >= 15 is 0 Å². The number of nitrogens with zero attached hydrogens (tertiary/aromatic N) is 1. The molecule has 2 rings (SSSR count). The highest BCUT2D eigenvalue weighted by molar-refractivity contribution is 9.10. The topological polar surface area (TPSA) is 46.3 Å². The average molecular weight is 339 g/mol. The Kier molecular flexibility index (Phi) is 4.27. The number of hydrogen-bond acceptors (Lipinski definition) is 3. The van der Waals surface area contributed by atoms with E-state index in [4.69, 9.17) is 5.73 Å². The molecule has 5 heteroatoms. The number of nitrogen functional groups attached to an aromatic ring is 1. The van der Waals surface area contributed by atoms with Crippen molar-refractivity contribution in [2.45, 2.75) is 13.5 Å². The fourth-order valence-electron chi connectivity index (χ4n) is 1.81. The first-order chi connectivity index (χ1) is 8.97. The Bertz CT molecular complexity index is 589. The number of aryl methyl sites for hydroxylation is 1. The van der Waals surface area contributed by atoms with Crippen LogP contribution in [0.2, 0.25) is 0 Å². The van der Waals surface area contributed by atoms with Crippen molar-refractivity contribution < 1.29 is 4.79 Å². The number of thiophene rings is 1. The van der Waals surface area contributed by atoms with Crippen LogP contribution in [0.5, 0.6) is 0 Å². The van der Waals surface area contributed by atoms with Crippen LogP contribution >= 0.6 is 27.3 Å². The molecule has 1 aromatic heterocycles. The molecule has 0 fully saturated rings. The molecule has 1 aromatic carbocycles. The fraction of sp³-hybridized carbons (Fsp3) is 0.214. The molecule has 1 amide bonds. The molecular weight excluding hydrogens is 324 g/mol. The van der Waals surface area contributed by atoms with Crippen molar-refractivity contribution in [1.82, 2.24) is 4.90 Å². The van der Waals surface area contributed by atoms with Gasteiger partial charge in [0.25, 0.3) is 5.91 Å². The van der Waals surface area contributed by atoms with Gasteiger partial charge in [-0.2, -0.15) is 0 Å². The molecule has 0 aliphatic heterocycles. The third-order valence-corrected chi connectivity index (χ3v) is 4.33. The third kappa shape index (κ3) is 3.36. The van der Waals surface area contributed by atoms with E-state index in [1.54, 1.807) is 41.5 Å². The lowest BCUT2D eigenvalue weighted by Crippen LogP contribution is -2.26. The predicted molar refractivity (Wildman–Crippen MR) is 83.4 cm³/mol. The Balaban J connectivity index is 2.17. The lowest BCUT2D eigenvalue weighted by Gasteiger charge is -2.17. The van der Waals surface area contributed by atoms with E-state index in [1.807, 2.05) is 5.38 Å². The van der Waals surface area contributed by atoms with Crippen LogP contribution in [0.1, 0.15) is 20.8 Å². The summed E-state index contributed by atoms with van der Waals surface area (Å²) in [4.78, 5) is 15.3. The maximum absolute atomic E-state index is 12.3. The molecule has 0 unspecified atom stereocenters. The van der Waals surface area contributed by atoms with E-state index in [0.717, 1.165) is 4.47 Å². The van der Waals surface area contributed by atoms with Crippen molar-refractivity contribution in [2.24, 2.45) is 0 Å². The van der Waals surface area contributed by atoms with Gasteiger partial charge in [0.1, 0.15) is 0 Å². The van der Waals surface area contributed by atoms with E-state index in [-0.39, 0.29) is 5.91 Å². The van der Waals surface area contributed by atoms with Crippen molar-refractivity contribution in [2.75, 3.05) is 12.8 Å². The first kappa shape index (κ1) is 14.1. The third-order valence-electron chi connectivity index (χ3n) is 2.86. The summed E-state index contributed by atoms with van der Waals surface area (Å²) in [5.74, 6) is -0.0270. The summed E-state index contributed by atoms with van der Waals surface area (Å²) >= 11 is 5.02. The second kappa shape index (κ2) is 5.75. The lowest BCUT2D eigenvalue weighted by molar-refractivity contribution is 0.0786. The van der Waals surface area contributed by atoms with E-state index in [2.05, 4.69) is 28.9 Å². The van der Waals surface area contributed by atoms with Crippen molar-refractivity contribution in [3.63, 3.8) is 0 Å². The quantitative estimate of drug-likeness (QED) is 0.868. The summed E-state index contributed by atoms with van der Waals surface area (Å²) in [5.41, 5.74) is 8.16. The Morgan fingerprint density at radius 2 is 2.16 bits per heavy atom. The number of nitrogens with two attached hydrogens (primary N) is 1. The largest absolute Gasteiger partial charge is 0.399 e. The fourth-order valence-corrected chi connectivity index (χ4v) is 3.28. The molecule has 0 spiro atoms. The molecule has 2 N–H and O–H groups in total. The molecule has 1 heterocycles. The second-order valence-electron chi connectivity index (χ2n) is 4.46. The van der Waals surface area contributed by atoms with Crippen LogP contribution in [0.15, 0.2) is 34.1 Å². The van der Waals surface area contributed by atoms with Crippen LogP contribution in [-0.4, -0.2) is 17.9 Å². The van der Waals surface area contributed by atoms with Gasteiger partial charge in [0.05, 0.1) is 6.54 Å². The minimum atomic E-state index is -0.0270. The molecule has 0 aliphatic rings. The van der Waals surface area contributed by atoms with E-state index in [1.165, 1.54) is 10.4 Å². The molecule has 19 heavy (non-hydrogen) atoms. The van der Waals surface area contributed by atoms with Gasteiger partial charge in [0.15, 0.2) is 0 Å². The van der Waals surface area contributed by atoms with E-state index in [0.29, 0.717) is 17.8 Å². The summed E-state index contributed by atoms with van der Waals surface area (Å²) in [6, 6.07) is 7.33. The van der Waals surface area contributed by atoms with Gasteiger partial charge >= 0.3 is 0 Å². The number of benzene rings is 1. The van der Waals surface area contributed by atoms with E-state index < -0.39 is 0 Å². The minimum absolute atomic E-state index is 0.0270. The molecule has 0 radical (unpaired) electrons. The van der Waals surface area contributed by atoms with Gasteiger partial charge in [-0.25, -0.2) is 0 Å². The molecule has 0 atom stereocenters. The molecule has 0 aliphatic carbocycles. The van der Waals surface area contributed by atoms with Gasteiger partial charge in [0, 0.05) is 27.6 Å². The summed E-state index contributed by atoms with van der Waals surface area (Å²) < 4.78 is 0.816. The van der Waals surface area contributed by atoms with Crippen LogP contribution < -0.4 is 5.73 Å². The van der Waals surface area contributed by atoms with Crippen LogP contribution in [0.3, 0.4) is 0 Å². The van der Waals surface area contributed by atoms with E-state index in [9.17, 15) is 4.79 Å². The molecular formula is C14H15BrN2OS. The van der Waals surface area contributed by atoms with Crippen molar-refractivity contribution in [3.05, 3.63) is 50.1 Å². The van der Waals surface area contributed by atoms with Gasteiger partial charge in [-0.15, -0.1) is 11.3 Å². The van der Waals surface area contributed by atoms with Gasteiger partial charge in [-0.3, -0.25) is 4.79 Å². The van der Waals surface area contributed by atoms with Crippen molar-refractivity contribution in [1.29, 1.82) is 0 Å². The minimum Gasteiger partial charge on any atom is -0.399 e. The molecule has 0 bridgehead atoms. The number of carbonyl (C=O) groups is 1. The predicted octanol–water partition coefficient (Wildman–Crippen LogP) is 3.67. The number of rotatable bonds is 3. The number of carbonyl (C=O) groups excluding carboxylic acids is 1. The first-order valence-corrected chi connectivity index (χ1v) is 7.49. The van der Waals surface area contributed by atoms with Crippen LogP contribution in [-0.2, 0) is 6.54 Å². The Hall–Kier alpha value is -1.33. The summed E-state index contributed by atoms with van der Waals surface area (Å²) in [7, 11) is 1.80. The Labute approximate surface area is 125 Å². The van der Waals surface area contributed by atoms with Crippen LogP contribution in [0.25, 0.3) is 0 Å². The highest BCUT2D eigenvalue weighted by Gasteiger charge is 2.14. The normalized spacial score (nSPS) is 10.5. The number of halogens is 1. The number of anilines is 1. The van der Waals surface area contributed by atoms with Crippen molar-refractivity contribution in [3.8, 4) is 0 Å². The highest BCUT2D eigenvalue weighted by atomic mass is 79.9. The smallest absolute Gasteiger partial charge is 0.254 e. The van der Waals surface area contributed by atoms with Gasteiger partial charge in [-0.05, 0) is 42.1 Å².